The van der Waals surface area contributed by atoms with Crippen molar-refractivity contribution in [2.24, 2.45) is 0 Å². The molecule has 0 radical (unpaired) electrons. The van der Waals surface area contributed by atoms with Gasteiger partial charge in [0.25, 0.3) is 0 Å². The van der Waals surface area contributed by atoms with Crippen LogP contribution in [-0.2, 0) is 4.79 Å². The SMILES string of the molecule is C=CCN(CC)C(=C)C=CC(=CC)c1nc2ccccn2c1NCC(=O)N1CCC(c2ccccc2C)CC1. The highest BCUT2D eigenvalue weighted by molar-refractivity contribution is 5.85. The molecule has 6 nitrogen and oxygen atoms in total. The van der Waals surface area contributed by atoms with Gasteiger partial charge in [0.05, 0.1) is 6.54 Å². The maximum absolute atomic E-state index is 13.3. The number of fused-ring (bicyclic) bond motifs is 1. The first-order chi connectivity index (χ1) is 19.0. The summed E-state index contributed by atoms with van der Waals surface area (Å²) in [7, 11) is 0. The van der Waals surface area contributed by atoms with Gasteiger partial charge in [-0.15, -0.1) is 6.58 Å². The quantitative estimate of drug-likeness (QED) is 0.232. The fourth-order valence-corrected chi connectivity index (χ4v) is 5.33. The molecular formula is C33H41N5O. The highest BCUT2D eigenvalue weighted by Gasteiger charge is 2.25. The lowest BCUT2D eigenvalue weighted by atomic mass is 9.87. The van der Waals surface area contributed by atoms with Crippen LogP contribution in [0, 0.1) is 6.92 Å². The normalized spacial score (nSPS) is 14.6. The number of carbonyl (C=O) groups is 1. The van der Waals surface area contributed by atoms with Crippen LogP contribution >= 0.6 is 0 Å². The Labute approximate surface area is 233 Å². The van der Waals surface area contributed by atoms with Gasteiger partial charge in [0.15, 0.2) is 0 Å². The average Bonchev–Trinajstić information content (AvgIpc) is 3.33. The molecule has 0 atom stereocenters. The average molecular weight is 524 g/mol. The number of amides is 1. The molecule has 1 fully saturated rings. The van der Waals surface area contributed by atoms with Crippen molar-refractivity contribution in [1.29, 1.82) is 0 Å². The zero-order chi connectivity index (χ0) is 27.8. The Morgan fingerprint density at radius 3 is 2.59 bits per heavy atom. The standard InChI is InChI=1S/C33H41N5O/c1-6-20-36(8-3)26(5)16-17-27(7-2)32-33(38-21-12-11-15-30(38)35-32)34-24-31(39)37-22-18-28(19-23-37)29-14-10-9-13-25(29)4/h6-7,9-17,21,28,34H,1,5,8,18-20,22-24H2,2-4H3. The number of imidazole rings is 1. The zero-order valence-electron chi connectivity index (χ0n) is 23.6. The van der Waals surface area contributed by atoms with E-state index >= 15 is 0 Å². The second kappa shape index (κ2) is 13.1. The molecule has 0 saturated carbocycles. The number of likely N-dealkylation sites (N-methyl/N-ethyl adjacent to an activating group) is 1. The van der Waals surface area contributed by atoms with Crippen LogP contribution in [0.25, 0.3) is 11.2 Å². The highest BCUT2D eigenvalue weighted by atomic mass is 16.2. The monoisotopic (exact) mass is 523 g/mol. The van der Waals surface area contributed by atoms with E-state index in [1.54, 1.807) is 0 Å². The number of likely N-dealkylation sites (tertiary alicyclic amines) is 1. The van der Waals surface area contributed by atoms with E-state index in [-0.39, 0.29) is 12.5 Å². The summed E-state index contributed by atoms with van der Waals surface area (Å²) >= 11 is 0. The number of rotatable bonds is 11. The van der Waals surface area contributed by atoms with E-state index in [9.17, 15) is 4.79 Å². The number of benzene rings is 1. The maximum Gasteiger partial charge on any atom is 0.241 e. The third kappa shape index (κ3) is 6.51. The molecule has 0 spiro atoms. The number of piperidine rings is 1. The molecular weight excluding hydrogens is 482 g/mol. The van der Waals surface area contributed by atoms with Crippen molar-refractivity contribution in [2.75, 3.05) is 38.0 Å². The van der Waals surface area contributed by atoms with Crippen LogP contribution in [0.5, 0.6) is 0 Å². The molecule has 3 aromatic rings. The van der Waals surface area contributed by atoms with Gasteiger partial charge in [-0.25, -0.2) is 4.98 Å². The number of aromatic nitrogens is 2. The molecule has 1 aliphatic rings. The van der Waals surface area contributed by atoms with Gasteiger partial charge in [-0.1, -0.05) is 55.1 Å². The van der Waals surface area contributed by atoms with E-state index < -0.39 is 0 Å². The molecule has 39 heavy (non-hydrogen) atoms. The second-order valence-electron chi connectivity index (χ2n) is 10.00. The summed E-state index contributed by atoms with van der Waals surface area (Å²) in [5, 5.41) is 3.43. The van der Waals surface area contributed by atoms with Gasteiger partial charge in [0.2, 0.25) is 5.91 Å². The van der Waals surface area contributed by atoms with Crippen LogP contribution in [0.2, 0.25) is 0 Å². The molecule has 1 saturated heterocycles. The Hall–Kier alpha value is -4.06. The van der Waals surface area contributed by atoms with E-state index in [2.05, 4.69) is 61.5 Å². The van der Waals surface area contributed by atoms with Crippen LogP contribution in [0.4, 0.5) is 5.82 Å². The van der Waals surface area contributed by atoms with Crippen molar-refractivity contribution in [3.8, 4) is 0 Å². The van der Waals surface area contributed by atoms with Crippen molar-refractivity contribution < 1.29 is 4.79 Å². The highest BCUT2D eigenvalue weighted by Crippen LogP contribution is 2.30. The van der Waals surface area contributed by atoms with Crippen LogP contribution in [-0.4, -0.2) is 57.8 Å². The predicted molar refractivity (Wildman–Crippen MR) is 163 cm³/mol. The molecule has 1 aromatic carbocycles. The van der Waals surface area contributed by atoms with Crippen molar-refractivity contribution in [3.05, 3.63) is 109 Å². The first kappa shape index (κ1) is 28.0. The summed E-state index contributed by atoms with van der Waals surface area (Å²) < 4.78 is 2.01. The van der Waals surface area contributed by atoms with E-state index in [4.69, 9.17) is 4.98 Å². The van der Waals surface area contributed by atoms with Gasteiger partial charge >= 0.3 is 0 Å². The number of hydrogen-bond donors (Lipinski definition) is 1. The maximum atomic E-state index is 13.3. The first-order valence-corrected chi connectivity index (χ1v) is 13.9. The summed E-state index contributed by atoms with van der Waals surface area (Å²) in [5.74, 6) is 1.45. The van der Waals surface area contributed by atoms with Crippen molar-refractivity contribution in [1.82, 2.24) is 19.2 Å². The minimum absolute atomic E-state index is 0.115. The Kier molecular flexibility index (Phi) is 9.42. The molecule has 204 valence electrons. The van der Waals surface area contributed by atoms with Crippen LogP contribution < -0.4 is 5.32 Å². The zero-order valence-corrected chi connectivity index (χ0v) is 23.6. The topological polar surface area (TPSA) is 52.9 Å². The number of hydrogen-bond acceptors (Lipinski definition) is 4. The first-order valence-electron chi connectivity index (χ1n) is 13.9. The lowest BCUT2D eigenvalue weighted by Gasteiger charge is -2.33. The fourth-order valence-electron chi connectivity index (χ4n) is 5.33. The number of anilines is 1. The molecule has 3 heterocycles. The van der Waals surface area contributed by atoms with E-state index in [0.717, 1.165) is 67.4 Å². The molecule has 1 N–H and O–H groups in total. The van der Waals surface area contributed by atoms with Gasteiger partial charge in [-0.05, 0) is 74.4 Å². The molecule has 2 aromatic heterocycles. The summed E-state index contributed by atoms with van der Waals surface area (Å²) in [6.07, 6.45) is 11.9. The van der Waals surface area contributed by atoms with Gasteiger partial charge in [-0.2, -0.15) is 0 Å². The third-order valence-electron chi connectivity index (χ3n) is 7.59. The van der Waals surface area contributed by atoms with E-state index in [0.29, 0.717) is 5.92 Å². The lowest BCUT2D eigenvalue weighted by molar-refractivity contribution is -0.130. The number of pyridine rings is 1. The third-order valence-corrected chi connectivity index (χ3v) is 7.59. The second-order valence-corrected chi connectivity index (χ2v) is 10.00. The minimum Gasteiger partial charge on any atom is -0.369 e. The Morgan fingerprint density at radius 2 is 1.90 bits per heavy atom. The van der Waals surface area contributed by atoms with Crippen LogP contribution in [0.1, 0.15) is 49.4 Å². The van der Waals surface area contributed by atoms with Crippen molar-refractivity contribution >= 4 is 22.9 Å². The number of carbonyl (C=O) groups excluding carboxylic acids is 1. The number of allylic oxidation sites excluding steroid dienone is 4. The van der Waals surface area contributed by atoms with Gasteiger partial charge in [0.1, 0.15) is 17.2 Å². The molecule has 4 rings (SSSR count). The number of nitrogens with one attached hydrogen (secondary N) is 1. The van der Waals surface area contributed by atoms with Crippen LogP contribution in [0.3, 0.4) is 0 Å². The van der Waals surface area contributed by atoms with Gasteiger partial charge in [-0.3, -0.25) is 9.20 Å². The Morgan fingerprint density at radius 1 is 1.15 bits per heavy atom. The largest absolute Gasteiger partial charge is 0.369 e. The summed E-state index contributed by atoms with van der Waals surface area (Å²) in [6, 6.07) is 14.5. The molecule has 1 aliphatic heterocycles. The molecule has 0 bridgehead atoms. The fraction of sp³-hybridized carbons (Fsp3) is 0.333. The van der Waals surface area contributed by atoms with Gasteiger partial charge < -0.3 is 15.1 Å². The number of nitrogens with zero attached hydrogens (tertiary/aromatic N) is 4. The Balaban J connectivity index is 1.47. The van der Waals surface area contributed by atoms with Crippen molar-refractivity contribution in [2.45, 2.75) is 39.5 Å². The lowest BCUT2D eigenvalue weighted by Crippen LogP contribution is -2.41. The molecule has 0 aliphatic carbocycles. The number of aryl methyl sites for hydroxylation is 1. The van der Waals surface area contributed by atoms with Crippen molar-refractivity contribution in [3.63, 3.8) is 0 Å². The van der Waals surface area contributed by atoms with E-state index in [1.807, 2.05) is 64.9 Å². The Bertz CT molecular complexity index is 1370. The van der Waals surface area contributed by atoms with E-state index in [1.165, 1.54) is 11.1 Å². The smallest absolute Gasteiger partial charge is 0.241 e. The predicted octanol–water partition coefficient (Wildman–Crippen LogP) is 6.44. The molecule has 6 heteroatoms. The van der Waals surface area contributed by atoms with Crippen LogP contribution in [0.15, 0.2) is 91.8 Å². The molecule has 0 unspecified atom stereocenters. The van der Waals surface area contributed by atoms with Gasteiger partial charge in [0, 0.05) is 38.1 Å². The summed E-state index contributed by atoms with van der Waals surface area (Å²) in [5.41, 5.74) is 6.27. The molecule has 1 amide bonds. The minimum atomic E-state index is 0.115. The summed E-state index contributed by atoms with van der Waals surface area (Å²) in [4.78, 5) is 22.3. The summed E-state index contributed by atoms with van der Waals surface area (Å²) in [6.45, 7) is 17.7.